The van der Waals surface area contributed by atoms with Gasteiger partial charge in [0.25, 0.3) is 0 Å². The summed E-state index contributed by atoms with van der Waals surface area (Å²) in [6.45, 7) is 0. The second-order valence-electron chi connectivity index (χ2n) is 35.4. The quantitative estimate of drug-likeness (QED) is 0.0897. The smallest absolute Gasteiger partial charge is 0.0541 e. The number of fused-ring (bicyclic) bond motifs is 18. The summed E-state index contributed by atoms with van der Waals surface area (Å²) in [6, 6.07) is 195. The van der Waals surface area contributed by atoms with Gasteiger partial charge in [0.2, 0.25) is 0 Å². The third-order valence-corrected chi connectivity index (χ3v) is 27.6. The predicted molar refractivity (Wildman–Crippen MR) is 579 cm³/mol. The lowest BCUT2D eigenvalue weighted by molar-refractivity contribution is 1.18. The van der Waals surface area contributed by atoms with Gasteiger partial charge in [-0.2, -0.15) is 0 Å². The Morgan fingerprint density at radius 2 is 0.272 bits per heavy atom. The van der Waals surface area contributed by atoms with Crippen molar-refractivity contribution in [3.05, 3.63) is 534 Å². The van der Waals surface area contributed by atoms with Gasteiger partial charge in [0, 0.05) is 67.0 Å². The van der Waals surface area contributed by atoms with E-state index in [-0.39, 0.29) is 0 Å². The van der Waals surface area contributed by atoms with Gasteiger partial charge in [-0.3, -0.25) is 0 Å². The van der Waals surface area contributed by atoms with E-state index in [1.165, 1.54) is 197 Å². The van der Waals surface area contributed by atoms with Crippen LogP contribution < -0.4 is 9.80 Å². The molecule has 0 saturated heterocycles. The first-order chi connectivity index (χ1) is 67.4. The Bertz CT molecular complexity index is 8840. The van der Waals surface area contributed by atoms with E-state index < -0.39 is 0 Å². The van der Waals surface area contributed by atoms with Crippen molar-refractivity contribution >= 4 is 142 Å². The molecule has 26 rings (SSSR count). The van der Waals surface area contributed by atoms with Crippen molar-refractivity contribution in [2.24, 2.45) is 0 Å². The van der Waals surface area contributed by atoms with E-state index in [4.69, 9.17) is 0 Å². The lowest BCUT2D eigenvalue weighted by Crippen LogP contribution is -2.09. The molecule has 0 bridgehead atoms. The Hall–Kier alpha value is -18.0. The van der Waals surface area contributed by atoms with Crippen LogP contribution in [-0.2, 0) is 0 Å². The van der Waals surface area contributed by atoms with Crippen LogP contribution in [-0.4, -0.2) is 9.13 Å². The molecule has 0 aliphatic rings. The van der Waals surface area contributed by atoms with Gasteiger partial charge in [-0.1, -0.05) is 382 Å². The molecule has 0 N–H and O–H groups in total. The van der Waals surface area contributed by atoms with Gasteiger partial charge >= 0.3 is 0 Å². The second-order valence-corrected chi connectivity index (χ2v) is 35.4. The number of hydrogen-bond acceptors (Lipinski definition) is 2. The van der Waals surface area contributed by atoms with E-state index in [1.54, 1.807) is 0 Å². The van der Waals surface area contributed by atoms with E-state index in [9.17, 15) is 0 Å². The summed E-state index contributed by atoms with van der Waals surface area (Å²) in [6.07, 6.45) is 0. The molecule has 0 radical (unpaired) electrons. The fourth-order valence-corrected chi connectivity index (χ4v) is 20.9. The lowest BCUT2D eigenvalue weighted by Gasteiger charge is -2.26. The maximum absolute atomic E-state index is 2.43. The van der Waals surface area contributed by atoms with Crippen molar-refractivity contribution in [1.82, 2.24) is 9.13 Å². The van der Waals surface area contributed by atoms with Gasteiger partial charge in [0.1, 0.15) is 0 Å². The third kappa shape index (κ3) is 14.6. The Morgan fingerprint density at radius 3 is 0.559 bits per heavy atom. The standard InChI is InChI=1S/2C66H44N2/c1-4-14-45(15-5-1)47-24-33-54(34-25-47)67(53-18-8-3-9-19-53)55-35-26-49(27-36-55)52-32-41-66-64(44-52)63-43-51(46-16-6-2-7-17-46)31-40-65(63)68(66)56-37-28-48(29-38-56)50-30-39-61-59-22-11-10-20-57(59)58-21-12-13-23-60(58)62(61)42-50;1-3-13-45(14-4-1)47-23-33-53(34-24-47)67(54-35-25-48(26-36-54)46-15-5-2-6-16-46)55-37-27-50(28-38-55)52-32-42-66-64(44-52)62-21-11-12-22-65(62)68(66)56-39-29-49(30-40-56)51-31-41-61-59-19-8-7-17-57(59)58-18-9-10-20-60(58)63(61)43-51/h2*1-44H. The molecule has 24 aromatic carbocycles. The number of para-hydroxylation sites is 2. The second kappa shape index (κ2) is 34.4. The number of anilines is 6. The van der Waals surface area contributed by atoms with Crippen molar-refractivity contribution in [1.29, 1.82) is 0 Å². The molecule has 4 heteroatoms. The van der Waals surface area contributed by atoms with E-state index in [1.807, 2.05) is 0 Å². The molecule has 2 aromatic heterocycles. The number of hydrogen-bond donors (Lipinski definition) is 0. The van der Waals surface area contributed by atoms with E-state index >= 15 is 0 Å². The van der Waals surface area contributed by atoms with Crippen LogP contribution in [0.1, 0.15) is 0 Å². The first-order valence-corrected chi connectivity index (χ1v) is 46.8. The number of rotatable bonds is 16. The average Bonchev–Trinajstić information content (AvgIpc) is 1.02. The molecule has 0 atom stereocenters. The molecule has 0 fully saturated rings. The van der Waals surface area contributed by atoms with Gasteiger partial charge in [-0.25, -0.2) is 0 Å². The monoisotopic (exact) mass is 1730 g/mol. The molecule has 0 aliphatic heterocycles. The number of aromatic nitrogens is 2. The topological polar surface area (TPSA) is 16.3 Å². The summed E-state index contributed by atoms with van der Waals surface area (Å²) in [7, 11) is 0. The molecule has 0 saturated carbocycles. The zero-order valence-corrected chi connectivity index (χ0v) is 74.6. The van der Waals surface area contributed by atoms with E-state index in [0.29, 0.717) is 0 Å². The first-order valence-electron chi connectivity index (χ1n) is 46.8. The van der Waals surface area contributed by atoms with Gasteiger partial charge in [-0.05, 0) is 305 Å². The Morgan fingerprint density at radius 1 is 0.103 bits per heavy atom. The highest BCUT2D eigenvalue weighted by Crippen LogP contribution is 2.47. The highest BCUT2D eigenvalue weighted by atomic mass is 15.1. The van der Waals surface area contributed by atoms with Crippen molar-refractivity contribution in [2.75, 3.05) is 9.80 Å². The first kappa shape index (κ1) is 80.1. The summed E-state index contributed by atoms with van der Waals surface area (Å²) < 4.78 is 4.84. The molecular formula is C132H88N4. The zero-order valence-electron chi connectivity index (χ0n) is 74.6. The maximum atomic E-state index is 2.43. The molecule has 2 heterocycles. The molecular weight excluding hydrogens is 1640 g/mol. The van der Waals surface area contributed by atoms with Crippen LogP contribution in [0.2, 0.25) is 0 Å². The summed E-state index contributed by atoms with van der Waals surface area (Å²) >= 11 is 0. The number of nitrogens with zero attached hydrogens (tertiary/aromatic N) is 4. The highest BCUT2D eigenvalue weighted by Gasteiger charge is 2.23. The molecule has 636 valence electrons. The van der Waals surface area contributed by atoms with Gasteiger partial charge in [-0.15, -0.1) is 0 Å². The van der Waals surface area contributed by atoms with Crippen molar-refractivity contribution in [3.8, 4) is 100 Å². The van der Waals surface area contributed by atoms with Crippen LogP contribution in [0, 0.1) is 0 Å². The molecule has 0 unspecified atom stereocenters. The minimum Gasteiger partial charge on any atom is -0.311 e. The lowest BCUT2D eigenvalue weighted by atomic mass is 9.92. The summed E-state index contributed by atoms with van der Waals surface area (Å²) in [5.41, 5.74) is 32.8. The van der Waals surface area contributed by atoms with Gasteiger partial charge in [0.05, 0.1) is 22.1 Å². The Labute approximate surface area is 789 Å². The zero-order chi connectivity index (χ0) is 89.9. The molecule has 0 amide bonds. The van der Waals surface area contributed by atoms with Gasteiger partial charge < -0.3 is 18.9 Å². The van der Waals surface area contributed by atoms with Crippen molar-refractivity contribution in [2.45, 2.75) is 0 Å². The van der Waals surface area contributed by atoms with E-state index in [2.05, 4.69) is 553 Å². The minimum atomic E-state index is 1.10. The minimum absolute atomic E-state index is 1.10. The van der Waals surface area contributed by atoms with Crippen molar-refractivity contribution in [3.63, 3.8) is 0 Å². The predicted octanol–water partition coefficient (Wildman–Crippen LogP) is 36.8. The molecule has 4 nitrogen and oxygen atoms in total. The van der Waals surface area contributed by atoms with Crippen LogP contribution in [0.3, 0.4) is 0 Å². The fourth-order valence-electron chi connectivity index (χ4n) is 20.9. The summed E-state index contributed by atoms with van der Waals surface area (Å²) in [5.74, 6) is 0. The SMILES string of the molecule is c1ccc(-c2ccc(N(c3ccc(-c4ccccc4)cc3)c3ccc(-c4ccc5c(c4)c4ccccc4n5-c4ccc(-c5ccc6c7ccccc7c7ccccc7c6c5)cc4)cc3)cc2)cc1.c1ccc(-c2ccc(N(c3ccccc3)c3ccc(-c4ccc5c(c4)c4cc(-c6ccccc6)ccc4n5-c4ccc(-c5ccc6c7ccccc7c7ccccc7c6c5)cc4)cc3)cc2)cc1. The van der Waals surface area contributed by atoms with E-state index in [0.717, 1.165) is 45.5 Å². The maximum Gasteiger partial charge on any atom is 0.0541 e. The van der Waals surface area contributed by atoms with Crippen molar-refractivity contribution < 1.29 is 0 Å². The molecule has 0 aliphatic carbocycles. The average molecular weight is 1730 g/mol. The molecule has 0 spiro atoms. The van der Waals surface area contributed by atoms with Crippen LogP contribution in [0.5, 0.6) is 0 Å². The Balaban J connectivity index is 0.000000145. The normalized spacial score (nSPS) is 11.5. The molecule has 136 heavy (non-hydrogen) atoms. The van der Waals surface area contributed by atoms with Gasteiger partial charge in [0.15, 0.2) is 0 Å². The number of benzene rings is 24. The van der Waals surface area contributed by atoms with Crippen LogP contribution in [0.15, 0.2) is 534 Å². The van der Waals surface area contributed by atoms with Crippen LogP contribution >= 0.6 is 0 Å². The molecule has 26 aromatic rings. The largest absolute Gasteiger partial charge is 0.311 e. The third-order valence-electron chi connectivity index (χ3n) is 27.6. The Kier molecular flexibility index (Phi) is 20.3. The summed E-state index contributed by atoms with van der Waals surface area (Å²) in [4.78, 5) is 4.68. The van der Waals surface area contributed by atoms with Crippen LogP contribution in [0.4, 0.5) is 34.1 Å². The summed E-state index contributed by atoms with van der Waals surface area (Å²) in [5, 5.41) is 20.4. The van der Waals surface area contributed by atoms with Crippen LogP contribution in [0.25, 0.3) is 209 Å². The fraction of sp³-hybridized carbons (Fsp3) is 0. The highest BCUT2D eigenvalue weighted by molar-refractivity contribution is 6.27.